The molecule has 1 spiro atoms. The molecular weight excluding hydrogens is 356 g/mol. The highest BCUT2D eigenvalue weighted by atomic mass is 35.5. The summed E-state index contributed by atoms with van der Waals surface area (Å²) >= 11 is 6.42. The normalized spacial score (nSPS) is 26.4. The Balaban J connectivity index is 1.64. The van der Waals surface area contributed by atoms with E-state index in [-0.39, 0.29) is 5.97 Å². The quantitative estimate of drug-likeness (QED) is 0.575. The van der Waals surface area contributed by atoms with Crippen LogP contribution in [0.2, 0.25) is 5.02 Å². The van der Waals surface area contributed by atoms with Gasteiger partial charge in [0, 0.05) is 24.8 Å². The van der Waals surface area contributed by atoms with Crippen molar-refractivity contribution in [3.8, 4) is 5.75 Å². The third kappa shape index (κ3) is 2.73. The molecule has 1 unspecified atom stereocenters. The fourth-order valence-corrected chi connectivity index (χ4v) is 4.51. The van der Waals surface area contributed by atoms with Gasteiger partial charge in [-0.3, -0.25) is 0 Å². The lowest BCUT2D eigenvalue weighted by Gasteiger charge is -2.36. The summed E-state index contributed by atoms with van der Waals surface area (Å²) in [4.78, 5) is 12.0. The second kappa shape index (κ2) is 6.25. The van der Waals surface area contributed by atoms with Crippen LogP contribution >= 0.6 is 11.6 Å². The summed E-state index contributed by atoms with van der Waals surface area (Å²) in [6, 6.07) is 1.64. The number of methoxy groups -OCH3 is 1. The van der Waals surface area contributed by atoms with Gasteiger partial charge in [-0.15, -0.1) is 0 Å². The van der Waals surface area contributed by atoms with Gasteiger partial charge >= 0.3 is 5.97 Å². The monoisotopic (exact) mass is 378 g/mol. The molecular formula is C20H23ClO5. The SMILES string of the molecule is COC(=O)c1cc(Cl)c2c(c1C)CC(C)(C1=CCC3(CC1)OCCO3)O2. The maximum absolute atomic E-state index is 12.0. The van der Waals surface area contributed by atoms with Crippen LogP contribution in [0.1, 0.15) is 47.7 Å². The Morgan fingerprint density at radius 3 is 2.65 bits per heavy atom. The Bertz CT molecular complexity index is 794. The number of hydrogen-bond acceptors (Lipinski definition) is 5. The summed E-state index contributed by atoms with van der Waals surface area (Å²) < 4.78 is 22.8. The smallest absolute Gasteiger partial charge is 0.338 e. The molecule has 26 heavy (non-hydrogen) atoms. The van der Waals surface area contributed by atoms with Crippen LogP contribution in [0.4, 0.5) is 0 Å². The zero-order valence-electron chi connectivity index (χ0n) is 15.3. The standard InChI is InChI=1S/C20H23ClO5/c1-12-14(18(22)23-3)10-16(21)17-15(12)11-19(2,26-17)13-4-6-20(7-5-13)24-8-9-25-20/h4,10H,5-9,11H2,1-3H3. The van der Waals surface area contributed by atoms with E-state index in [1.807, 2.05) is 6.92 Å². The minimum atomic E-state index is -0.467. The van der Waals surface area contributed by atoms with Gasteiger partial charge in [0.25, 0.3) is 0 Å². The Labute approximate surface area is 158 Å². The van der Waals surface area contributed by atoms with E-state index >= 15 is 0 Å². The van der Waals surface area contributed by atoms with Gasteiger partial charge in [0.2, 0.25) is 0 Å². The first-order valence-electron chi connectivity index (χ1n) is 8.94. The molecule has 6 heteroatoms. The molecule has 0 radical (unpaired) electrons. The lowest BCUT2D eigenvalue weighted by molar-refractivity contribution is -0.162. The summed E-state index contributed by atoms with van der Waals surface area (Å²) in [5.74, 6) is -0.152. The molecule has 1 aromatic rings. The van der Waals surface area contributed by atoms with Gasteiger partial charge in [-0.25, -0.2) is 4.79 Å². The van der Waals surface area contributed by atoms with Gasteiger partial charge in [0.1, 0.15) is 11.4 Å². The molecule has 0 aromatic heterocycles. The van der Waals surface area contributed by atoms with Gasteiger partial charge in [-0.05, 0) is 37.5 Å². The van der Waals surface area contributed by atoms with Gasteiger partial charge in [-0.2, -0.15) is 0 Å². The Hall–Kier alpha value is -1.56. The number of carbonyl (C=O) groups excluding carboxylic acids is 1. The number of halogens is 1. The summed E-state index contributed by atoms with van der Waals surface area (Å²) in [6.45, 7) is 5.32. The molecule has 4 rings (SSSR count). The van der Waals surface area contributed by atoms with E-state index in [2.05, 4.69) is 13.0 Å². The van der Waals surface area contributed by atoms with Gasteiger partial charge in [0.05, 0.1) is 30.9 Å². The van der Waals surface area contributed by atoms with Crippen molar-refractivity contribution < 1.29 is 23.7 Å². The largest absolute Gasteiger partial charge is 0.481 e. The molecule has 3 aliphatic rings. The summed E-state index contributed by atoms with van der Waals surface area (Å²) in [5, 5.41) is 0.449. The van der Waals surface area contributed by atoms with Crippen LogP contribution in [-0.2, 0) is 20.6 Å². The average molecular weight is 379 g/mol. The van der Waals surface area contributed by atoms with Crippen molar-refractivity contribution in [2.45, 2.75) is 50.9 Å². The van der Waals surface area contributed by atoms with Gasteiger partial charge in [0.15, 0.2) is 5.79 Å². The summed E-state index contributed by atoms with van der Waals surface area (Å²) in [6.07, 6.45) is 5.28. The topological polar surface area (TPSA) is 54.0 Å². The average Bonchev–Trinajstić information content (AvgIpc) is 3.24. The predicted molar refractivity (Wildman–Crippen MR) is 96.8 cm³/mol. The number of fused-ring (bicyclic) bond motifs is 1. The Morgan fingerprint density at radius 1 is 1.31 bits per heavy atom. The number of hydrogen-bond donors (Lipinski definition) is 0. The van der Waals surface area contributed by atoms with Crippen LogP contribution < -0.4 is 4.74 Å². The van der Waals surface area contributed by atoms with Gasteiger partial charge < -0.3 is 18.9 Å². The highest BCUT2D eigenvalue weighted by Gasteiger charge is 2.45. The summed E-state index contributed by atoms with van der Waals surface area (Å²) in [7, 11) is 1.37. The van der Waals surface area contributed by atoms with E-state index in [0.717, 1.165) is 30.4 Å². The van der Waals surface area contributed by atoms with E-state index in [1.165, 1.54) is 12.7 Å². The number of benzene rings is 1. The maximum atomic E-state index is 12.0. The Kier molecular flexibility index (Phi) is 4.29. The minimum absolute atomic E-state index is 0.379. The highest BCUT2D eigenvalue weighted by Crippen LogP contribution is 2.48. The second-order valence-electron chi connectivity index (χ2n) is 7.38. The molecule has 2 heterocycles. The zero-order valence-corrected chi connectivity index (χ0v) is 16.1. The van der Waals surface area contributed by atoms with Crippen LogP contribution in [0.25, 0.3) is 0 Å². The van der Waals surface area contributed by atoms with Crippen molar-refractivity contribution in [2.75, 3.05) is 20.3 Å². The number of carbonyl (C=O) groups is 1. The number of rotatable bonds is 2. The molecule has 1 saturated heterocycles. The lowest BCUT2D eigenvalue weighted by atomic mass is 9.81. The molecule has 0 amide bonds. The van der Waals surface area contributed by atoms with Crippen molar-refractivity contribution in [1.29, 1.82) is 0 Å². The van der Waals surface area contributed by atoms with Crippen LogP contribution in [0, 0.1) is 6.92 Å². The number of esters is 1. The maximum Gasteiger partial charge on any atom is 0.338 e. The van der Waals surface area contributed by atoms with Crippen molar-refractivity contribution in [3.63, 3.8) is 0 Å². The van der Waals surface area contributed by atoms with Crippen molar-refractivity contribution >= 4 is 17.6 Å². The molecule has 1 aliphatic carbocycles. The molecule has 2 aliphatic heterocycles. The molecule has 5 nitrogen and oxygen atoms in total. The first kappa shape index (κ1) is 17.8. The first-order valence-corrected chi connectivity index (χ1v) is 9.32. The molecule has 0 saturated carbocycles. The fraction of sp³-hybridized carbons (Fsp3) is 0.550. The van der Waals surface area contributed by atoms with Crippen molar-refractivity contribution in [3.05, 3.63) is 39.4 Å². The fourth-order valence-electron chi connectivity index (χ4n) is 4.25. The third-order valence-corrected chi connectivity index (χ3v) is 6.07. The van der Waals surface area contributed by atoms with Gasteiger partial charge in [-0.1, -0.05) is 17.7 Å². The third-order valence-electron chi connectivity index (χ3n) is 5.79. The molecule has 140 valence electrons. The van der Waals surface area contributed by atoms with Crippen molar-refractivity contribution in [2.24, 2.45) is 0 Å². The van der Waals surface area contributed by atoms with Crippen molar-refractivity contribution in [1.82, 2.24) is 0 Å². The molecule has 1 atom stereocenters. The van der Waals surface area contributed by atoms with E-state index < -0.39 is 11.4 Å². The Morgan fingerprint density at radius 2 is 2.04 bits per heavy atom. The van der Waals surface area contributed by atoms with Crippen LogP contribution in [-0.4, -0.2) is 37.7 Å². The predicted octanol–water partition coefficient (Wildman–Crippen LogP) is 3.98. The van der Waals surface area contributed by atoms with Crippen LogP contribution in [0.15, 0.2) is 17.7 Å². The van der Waals surface area contributed by atoms with Crippen LogP contribution in [0.5, 0.6) is 5.75 Å². The molecule has 1 fully saturated rings. The number of ether oxygens (including phenoxy) is 4. The minimum Gasteiger partial charge on any atom is -0.481 e. The highest BCUT2D eigenvalue weighted by molar-refractivity contribution is 6.32. The molecule has 0 N–H and O–H groups in total. The summed E-state index contributed by atoms with van der Waals surface area (Å²) in [5.41, 5.74) is 3.11. The van der Waals surface area contributed by atoms with E-state index in [0.29, 0.717) is 36.0 Å². The van der Waals surface area contributed by atoms with Crippen LogP contribution in [0.3, 0.4) is 0 Å². The molecule has 0 bridgehead atoms. The van der Waals surface area contributed by atoms with E-state index in [9.17, 15) is 4.79 Å². The zero-order chi connectivity index (χ0) is 18.5. The first-order chi connectivity index (χ1) is 12.4. The van der Waals surface area contributed by atoms with E-state index in [4.69, 9.17) is 30.5 Å². The lowest BCUT2D eigenvalue weighted by Crippen LogP contribution is -2.39. The molecule has 1 aromatic carbocycles. The van der Waals surface area contributed by atoms with E-state index in [1.54, 1.807) is 6.07 Å². The second-order valence-corrected chi connectivity index (χ2v) is 7.79.